The number of carbonyl (C=O) groups is 2. The maximum absolute atomic E-state index is 13.2. The molecular formula is C25H28F3N3O5. The lowest BCUT2D eigenvalue weighted by Crippen LogP contribution is -2.32. The van der Waals surface area contributed by atoms with Crippen molar-refractivity contribution in [3.63, 3.8) is 0 Å². The molecule has 0 fully saturated rings. The molecule has 1 N–H and O–H groups in total. The minimum atomic E-state index is -4.61. The zero-order chi connectivity index (χ0) is 26.3. The van der Waals surface area contributed by atoms with Gasteiger partial charge in [-0.15, -0.1) is 0 Å². The van der Waals surface area contributed by atoms with E-state index in [4.69, 9.17) is 14.0 Å². The molecule has 1 heterocycles. The Morgan fingerprint density at radius 3 is 2.47 bits per heavy atom. The van der Waals surface area contributed by atoms with Gasteiger partial charge in [-0.2, -0.15) is 13.2 Å². The number of alkyl halides is 3. The number of urea groups is 1. The van der Waals surface area contributed by atoms with Gasteiger partial charge >= 0.3 is 18.2 Å². The third-order valence-electron chi connectivity index (χ3n) is 5.36. The zero-order valence-corrected chi connectivity index (χ0v) is 20.3. The molecule has 11 heteroatoms. The molecule has 36 heavy (non-hydrogen) atoms. The van der Waals surface area contributed by atoms with E-state index < -0.39 is 17.8 Å². The molecule has 0 atom stereocenters. The fourth-order valence-electron chi connectivity index (χ4n) is 3.58. The van der Waals surface area contributed by atoms with E-state index in [-0.39, 0.29) is 30.2 Å². The summed E-state index contributed by atoms with van der Waals surface area (Å²) in [6.45, 7) is 4.52. The summed E-state index contributed by atoms with van der Waals surface area (Å²) < 4.78 is 55.3. The third-order valence-corrected chi connectivity index (χ3v) is 5.36. The summed E-state index contributed by atoms with van der Waals surface area (Å²) in [6, 6.07) is 8.82. The Balaban J connectivity index is 1.54. The van der Waals surface area contributed by atoms with E-state index in [9.17, 15) is 22.8 Å². The number of benzene rings is 2. The van der Waals surface area contributed by atoms with Crippen LogP contribution in [0, 0.1) is 0 Å². The summed E-state index contributed by atoms with van der Waals surface area (Å²) >= 11 is 0. The molecule has 0 aliphatic rings. The Bertz CT molecular complexity index is 1190. The van der Waals surface area contributed by atoms with Crippen LogP contribution in [-0.2, 0) is 17.3 Å². The zero-order valence-electron chi connectivity index (χ0n) is 20.3. The van der Waals surface area contributed by atoms with Crippen molar-refractivity contribution in [1.29, 1.82) is 0 Å². The van der Waals surface area contributed by atoms with Gasteiger partial charge in [-0.3, -0.25) is 0 Å². The molecule has 3 aromatic rings. The average Bonchev–Trinajstić information content (AvgIpc) is 3.28. The Morgan fingerprint density at radius 1 is 1.11 bits per heavy atom. The first kappa shape index (κ1) is 26.8. The number of nitrogens with one attached hydrogen (secondary N) is 1. The number of rotatable bonds is 10. The van der Waals surface area contributed by atoms with Crippen LogP contribution < -0.4 is 10.1 Å². The molecule has 2 amide bonds. The van der Waals surface area contributed by atoms with Crippen LogP contribution in [0.3, 0.4) is 0 Å². The number of esters is 1. The number of aryl methyl sites for hydroxylation is 1. The van der Waals surface area contributed by atoms with E-state index in [1.54, 1.807) is 38.2 Å². The van der Waals surface area contributed by atoms with E-state index in [1.165, 1.54) is 17.0 Å². The minimum Gasteiger partial charge on any atom is -0.493 e. The number of fused-ring (bicyclic) bond motifs is 1. The van der Waals surface area contributed by atoms with Crippen LogP contribution in [0.25, 0.3) is 11.0 Å². The standard InChI is InChI=1S/C25H28F3N3O5/c1-4-7-18-20(13-12-19-21(18)36-30-22(19)25(26,27)28)35-15-6-14-31(3)24(33)29-17-10-8-16(9-11-17)23(32)34-5-2/h8-13H,4-7,14-15H2,1-3H3,(H,29,33). The highest BCUT2D eigenvalue weighted by molar-refractivity contribution is 5.92. The molecule has 3 rings (SSSR count). The molecule has 0 spiro atoms. The van der Waals surface area contributed by atoms with Gasteiger partial charge in [0.1, 0.15) is 5.75 Å². The highest BCUT2D eigenvalue weighted by atomic mass is 19.4. The first-order chi connectivity index (χ1) is 17.2. The van der Waals surface area contributed by atoms with Crippen molar-refractivity contribution in [3.8, 4) is 5.75 Å². The lowest BCUT2D eigenvalue weighted by Gasteiger charge is -2.18. The number of ether oxygens (including phenoxy) is 2. The number of hydrogen-bond donors (Lipinski definition) is 1. The predicted octanol–water partition coefficient (Wildman–Crippen LogP) is 5.91. The Kier molecular flexibility index (Phi) is 8.78. The van der Waals surface area contributed by atoms with Crippen molar-refractivity contribution in [2.75, 3.05) is 32.1 Å². The summed E-state index contributed by atoms with van der Waals surface area (Å²) in [6.07, 6.45) is -2.97. The van der Waals surface area contributed by atoms with Crippen molar-refractivity contribution < 1.29 is 36.8 Å². The van der Waals surface area contributed by atoms with Crippen LogP contribution in [0.4, 0.5) is 23.7 Å². The molecule has 194 valence electrons. The van der Waals surface area contributed by atoms with Gasteiger partial charge in [0.15, 0.2) is 11.3 Å². The van der Waals surface area contributed by atoms with Crippen LogP contribution in [0.1, 0.15) is 48.3 Å². The molecule has 1 aromatic heterocycles. The van der Waals surface area contributed by atoms with E-state index in [0.717, 1.165) is 0 Å². The van der Waals surface area contributed by atoms with Crippen LogP contribution in [-0.4, -0.2) is 48.9 Å². The van der Waals surface area contributed by atoms with Crippen LogP contribution in [0.2, 0.25) is 0 Å². The Hall–Kier alpha value is -3.76. The van der Waals surface area contributed by atoms with Crippen LogP contribution in [0.5, 0.6) is 5.75 Å². The molecule has 0 saturated heterocycles. The van der Waals surface area contributed by atoms with Crippen LogP contribution >= 0.6 is 0 Å². The number of anilines is 1. The highest BCUT2D eigenvalue weighted by Gasteiger charge is 2.37. The maximum atomic E-state index is 13.2. The summed E-state index contributed by atoms with van der Waals surface area (Å²) in [5, 5.41) is 5.87. The predicted molar refractivity (Wildman–Crippen MR) is 127 cm³/mol. The fourth-order valence-corrected chi connectivity index (χ4v) is 3.58. The molecule has 0 saturated carbocycles. The lowest BCUT2D eigenvalue weighted by molar-refractivity contribution is -0.141. The fraction of sp³-hybridized carbons (Fsp3) is 0.400. The molecule has 0 aliphatic carbocycles. The molecule has 2 aromatic carbocycles. The Labute approximate surface area is 206 Å². The average molecular weight is 508 g/mol. The number of nitrogens with zero attached hydrogens (tertiary/aromatic N) is 2. The second-order valence-corrected chi connectivity index (χ2v) is 8.05. The molecule has 0 aliphatic heterocycles. The van der Waals surface area contributed by atoms with E-state index >= 15 is 0 Å². The van der Waals surface area contributed by atoms with Crippen molar-refractivity contribution in [2.24, 2.45) is 0 Å². The summed E-state index contributed by atoms with van der Waals surface area (Å²) in [7, 11) is 1.63. The quantitative estimate of drug-likeness (QED) is 0.271. The normalized spacial score (nSPS) is 11.4. The first-order valence-corrected chi connectivity index (χ1v) is 11.6. The van der Waals surface area contributed by atoms with Crippen molar-refractivity contribution in [2.45, 2.75) is 39.3 Å². The van der Waals surface area contributed by atoms with Gasteiger partial charge in [0.05, 0.1) is 24.2 Å². The van der Waals surface area contributed by atoms with E-state index in [0.29, 0.717) is 48.4 Å². The van der Waals surface area contributed by atoms with Gasteiger partial charge in [0, 0.05) is 24.8 Å². The van der Waals surface area contributed by atoms with E-state index in [2.05, 4.69) is 10.5 Å². The molecular weight excluding hydrogens is 479 g/mol. The molecule has 0 bridgehead atoms. The summed E-state index contributed by atoms with van der Waals surface area (Å²) in [5.74, 6) is 0.000796. The lowest BCUT2D eigenvalue weighted by atomic mass is 10.0. The van der Waals surface area contributed by atoms with Crippen molar-refractivity contribution in [1.82, 2.24) is 10.1 Å². The molecule has 8 nitrogen and oxygen atoms in total. The molecule has 0 radical (unpaired) electrons. The van der Waals surface area contributed by atoms with Gasteiger partial charge in [-0.1, -0.05) is 18.5 Å². The van der Waals surface area contributed by atoms with Gasteiger partial charge in [0.2, 0.25) is 0 Å². The van der Waals surface area contributed by atoms with Gasteiger partial charge in [-0.25, -0.2) is 9.59 Å². The minimum absolute atomic E-state index is 0.0761. The number of hydrogen-bond acceptors (Lipinski definition) is 6. The van der Waals surface area contributed by atoms with Gasteiger partial charge in [0.25, 0.3) is 0 Å². The van der Waals surface area contributed by atoms with Crippen molar-refractivity contribution in [3.05, 3.63) is 53.2 Å². The monoisotopic (exact) mass is 507 g/mol. The second-order valence-electron chi connectivity index (χ2n) is 8.05. The third kappa shape index (κ3) is 6.46. The van der Waals surface area contributed by atoms with Gasteiger partial charge in [-0.05, 0) is 56.2 Å². The number of aromatic nitrogens is 1. The number of halogens is 3. The van der Waals surface area contributed by atoms with Crippen molar-refractivity contribution >= 4 is 28.7 Å². The van der Waals surface area contributed by atoms with E-state index in [1.807, 2.05) is 6.92 Å². The van der Waals surface area contributed by atoms with Gasteiger partial charge < -0.3 is 24.2 Å². The first-order valence-electron chi connectivity index (χ1n) is 11.6. The summed E-state index contributed by atoms with van der Waals surface area (Å²) in [5.41, 5.74) is 0.479. The topological polar surface area (TPSA) is 93.9 Å². The SMILES string of the molecule is CCCc1c(OCCCN(C)C(=O)Nc2ccc(C(=O)OCC)cc2)ccc2c(C(F)(F)F)noc12. The number of amides is 2. The summed E-state index contributed by atoms with van der Waals surface area (Å²) in [4.78, 5) is 25.6. The smallest absolute Gasteiger partial charge is 0.437 e. The van der Waals surface area contributed by atoms with Crippen LogP contribution in [0.15, 0.2) is 40.9 Å². The second kappa shape index (κ2) is 11.8. The number of carbonyl (C=O) groups excluding carboxylic acids is 2. The highest BCUT2D eigenvalue weighted by Crippen LogP contribution is 2.38. The Morgan fingerprint density at radius 2 is 1.83 bits per heavy atom. The largest absolute Gasteiger partial charge is 0.493 e. The molecule has 0 unspecified atom stereocenters. The maximum Gasteiger partial charge on any atom is 0.437 e.